The van der Waals surface area contributed by atoms with E-state index in [1.54, 1.807) is 48.5 Å². The Morgan fingerprint density at radius 1 is 1.20 bits per heavy atom. The standard InChI is InChI=1S/C15H15ClN2O2/c16-12-3-1-2-4-14(12)18-15(20)13(17)9-10-5-7-11(19)8-6-10/h1-8,13,19H,9,17H2,(H,18,20)/t13-/m1/s1. The van der Waals surface area contributed by atoms with Crippen LogP contribution in [0.15, 0.2) is 48.5 Å². The minimum Gasteiger partial charge on any atom is -0.508 e. The fraction of sp³-hybridized carbons (Fsp3) is 0.133. The van der Waals surface area contributed by atoms with Gasteiger partial charge in [0.05, 0.1) is 16.8 Å². The van der Waals surface area contributed by atoms with E-state index in [1.807, 2.05) is 0 Å². The summed E-state index contributed by atoms with van der Waals surface area (Å²) in [5.41, 5.74) is 7.29. The predicted octanol–water partition coefficient (Wildman–Crippen LogP) is 2.55. The Labute approximate surface area is 122 Å². The number of nitrogens with one attached hydrogen (secondary N) is 1. The number of carbonyl (C=O) groups is 1. The molecule has 4 N–H and O–H groups in total. The van der Waals surface area contributed by atoms with Crippen LogP contribution < -0.4 is 11.1 Å². The number of nitrogens with two attached hydrogens (primary N) is 1. The van der Waals surface area contributed by atoms with Crippen LogP contribution in [0.3, 0.4) is 0 Å². The van der Waals surface area contributed by atoms with Crippen molar-refractivity contribution in [1.82, 2.24) is 0 Å². The average Bonchev–Trinajstić information content (AvgIpc) is 2.44. The van der Waals surface area contributed by atoms with Gasteiger partial charge in [0, 0.05) is 0 Å². The van der Waals surface area contributed by atoms with Crippen molar-refractivity contribution < 1.29 is 9.90 Å². The lowest BCUT2D eigenvalue weighted by Crippen LogP contribution is -2.37. The fourth-order valence-corrected chi connectivity index (χ4v) is 1.95. The van der Waals surface area contributed by atoms with Gasteiger partial charge in [0.1, 0.15) is 5.75 Å². The van der Waals surface area contributed by atoms with E-state index >= 15 is 0 Å². The van der Waals surface area contributed by atoms with E-state index in [-0.39, 0.29) is 11.7 Å². The first-order valence-electron chi connectivity index (χ1n) is 6.15. The molecule has 104 valence electrons. The SMILES string of the molecule is N[C@H](Cc1ccc(O)cc1)C(=O)Nc1ccccc1Cl. The Kier molecular flexibility index (Phi) is 4.61. The quantitative estimate of drug-likeness (QED) is 0.810. The molecule has 0 fully saturated rings. The van der Waals surface area contributed by atoms with Crippen molar-refractivity contribution in [3.05, 3.63) is 59.1 Å². The zero-order valence-electron chi connectivity index (χ0n) is 10.7. The highest BCUT2D eigenvalue weighted by Crippen LogP contribution is 2.20. The van der Waals surface area contributed by atoms with Gasteiger partial charge in [0.25, 0.3) is 0 Å². The lowest BCUT2D eigenvalue weighted by Gasteiger charge is -2.13. The van der Waals surface area contributed by atoms with Crippen molar-refractivity contribution in [2.24, 2.45) is 5.73 Å². The number of hydrogen-bond acceptors (Lipinski definition) is 3. The van der Waals surface area contributed by atoms with Crippen molar-refractivity contribution >= 4 is 23.2 Å². The van der Waals surface area contributed by atoms with Gasteiger partial charge in [-0.05, 0) is 36.2 Å². The van der Waals surface area contributed by atoms with Crippen LogP contribution in [0, 0.1) is 0 Å². The zero-order valence-corrected chi connectivity index (χ0v) is 11.5. The summed E-state index contributed by atoms with van der Waals surface area (Å²) in [6, 6.07) is 12.9. The molecule has 0 aliphatic heterocycles. The topological polar surface area (TPSA) is 75.3 Å². The van der Waals surface area contributed by atoms with E-state index < -0.39 is 6.04 Å². The molecule has 0 unspecified atom stereocenters. The Hall–Kier alpha value is -2.04. The Morgan fingerprint density at radius 3 is 2.50 bits per heavy atom. The predicted molar refractivity (Wildman–Crippen MR) is 79.9 cm³/mol. The average molecular weight is 291 g/mol. The number of para-hydroxylation sites is 1. The molecule has 0 radical (unpaired) electrons. The number of rotatable bonds is 4. The number of carbonyl (C=O) groups excluding carboxylic acids is 1. The molecule has 20 heavy (non-hydrogen) atoms. The summed E-state index contributed by atoms with van der Waals surface area (Å²) in [5.74, 6) is -0.117. The maximum atomic E-state index is 12.0. The second kappa shape index (κ2) is 6.41. The number of halogens is 1. The number of aromatic hydroxyl groups is 1. The van der Waals surface area contributed by atoms with E-state index in [4.69, 9.17) is 17.3 Å². The molecule has 0 spiro atoms. The summed E-state index contributed by atoms with van der Waals surface area (Å²) in [5, 5.41) is 12.4. The first kappa shape index (κ1) is 14.4. The van der Waals surface area contributed by atoms with Gasteiger partial charge in [-0.3, -0.25) is 4.79 Å². The summed E-state index contributed by atoms with van der Waals surface area (Å²) in [6.07, 6.45) is 0.385. The van der Waals surface area contributed by atoms with Crippen LogP contribution in [0.1, 0.15) is 5.56 Å². The summed E-state index contributed by atoms with van der Waals surface area (Å²) < 4.78 is 0. The van der Waals surface area contributed by atoms with Crippen molar-refractivity contribution in [1.29, 1.82) is 0 Å². The molecule has 2 aromatic carbocycles. The van der Waals surface area contributed by atoms with Crippen molar-refractivity contribution in [3.63, 3.8) is 0 Å². The third kappa shape index (κ3) is 3.73. The Balaban J connectivity index is 1.99. The zero-order chi connectivity index (χ0) is 14.5. The summed E-state index contributed by atoms with van der Waals surface area (Å²) in [6.45, 7) is 0. The normalized spacial score (nSPS) is 11.9. The molecular weight excluding hydrogens is 276 g/mol. The molecule has 1 amide bonds. The molecule has 0 heterocycles. The van der Waals surface area contributed by atoms with Gasteiger partial charge in [-0.25, -0.2) is 0 Å². The molecule has 0 bridgehead atoms. The van der Waals surface area contributed by atoms with Gasteiger partial charge >= 0.3 is 0 Å². The minimum atomic E-state index is -0.684. The number of amides is 1. The largest absolute Gasteiger partial charge is 0.508 e. The Bertz CT molecular complexity index is 599. The smallest absolute Gasteiger partial charge is 0.241 e. The monoisotopic (exact) mass is 290 g/mol. The van der Waals surface area contributed by atoms with E-state index in [1.165, 1.54) is 0 Å². The van der Waals surface area contributed by atoms with Crippen LogP contribution >= 0.6 is 11.6 Å². The molecule has 1 atom stereocenters. The van der Waals surface area contributed by atoms with Crippen LogP contribution in [-0.4, -0.2) is 17.1 Å². The van der Waals surface area contributed by atoms with E-state index in [0.29, 0.717) is 17.1 Å². The second-order valence-corrected chi connectivity index (χ2v) is 4.85. The molecule has 5 heteroatoms. The Morgan fingerprint density at radius 2 is 1.85 bits per heavy atom. The minimum absolute atomic E-state index is 0.183. The molecule has 0 aliphatic rings. The van der Waals surface area contributed by atoms with Gasteiger partial charge < -0.3 is 16.2 Å². The van der Waals surface area contributed by atoms with E-state index in [0.717, 1.165) is 5.56 Å². The van der Waals surface area contributed by atoms with Crippen LogP contribution in [0.25, 0.3) is 0 Å². The van der Waals surface area contributed by atoms with Crippen LogP contribution in [0.2, 0.25) is 5.02 Å². The van der Waals surface area contributed by atoms with Crippen molar-refractivity contribution in [2.75, 3.05) is 5.32 Å². The van der Waals surface area contributed by atoms with Crippen molar-refractivity contribution in [3.8, 4) is 5.75 Å². The first-order chi connectivity index (χ1) is 9.56. The molecular formula is C15H15ClN2O2. The van der Waals surface area contributed by atoms with Gasteiger partial charge in [0.2, 0.25) is 5.91 Å². The third-order valence-electron chi connectivity index (χ3n) is 2.86. The van der Waals surface area contributed by atoms with Gasteiger partial charge in [0.15, 0.2) is 0 Å². The second-order valence-electron chi connectivity index (χ2n) is 4.45. The molecule has 0 saturated heterocycles. The highest BCUT2D eigenvalue weighted by molar-refractivity contribution is 6.33. The fourth-order valence-electron chi connectivity index (χ4n) is 1.77. The van der Waals surface area contributed by atoms with Gasteiger partial charge in [-0.2, -0.15) is 0 Å². The van der Waals surface area contributed by atoms with Gasteiger partial charge in [-0.1, -0.05) is 35.9 Å². The molecule has 4 nitrogen and oxygen atoms in total. The number of anilines is 1. The highest BCUT2D eigenvalue weighted by atomic mass is 35.5. The number of benzene rings is 2. The number of hydrogen-bond donors (Lipinski definition) is 3. The first-order valence-corrected chi connectivity index (χ1v) is 6.53. The van der Waals surface area contributed by atoms with Gasteiger partial charge in [-0.15, -0.1) is 0 Å². The lowest BCUT2D eigenvalue weighted by atomic mass is 10.1. The molecule has 0 aromatic heterocycles. The molecule has 2 rings (SSSR count). The highest BCUT2D eigenvalue weighted by Gasteiger charge is 2.15. The summed E-state index contributed by atoms with van der Waals surface area (Å²) in [4.78, 5) is 12.0. The van der Waals surface area contributed by atoms with Crippen LogP contribution in [-0.2, 0) is 11.2 Å². The lowest BCUT2D eigenvalue weighted by molar-refractivity contribution is -0.117. The molecule has 2 aromatic rings. The van der Waals surface area contributed by atoms with Crippen LogP contribution in [0.4, 0.5) is 5.69 Å². The number of phenolic OH excluding ortho intramolecular Hbond substituents is 1. The van der Waals surface area contributed by atoms with Crippen molar-refractivity contribution in [2.45, 2.75) is 12.5 Å². The van der Waals surface area contributed by atoms with Crippen LogP contribution in [0.5, 0.6) is 5.75 Å². The number of phenols is 1. The van der Waals surface area contributed by atoms with E-state index in [2.05, 4.69) is 5.32 Å². The third-order valence-corrected chi connectivity index (χ3v) is 3.19. The summed E-state index contributed by atoms with van der Waals surface area (Å²) >= 11 is 5.97. The van der Waals surface area contributed by atoms with E-state index in [9.17, 15) is 9.90 Å². The summed E-state index contributed by atoms with van der Waals surface area (Å²) in [7, 11) is 0. The molecule has 0 saturated carbocycles. The maximum absolute atomic E-state index is 12.0. The molecule has 0 aliphatic carbocycles. The maximum Gasteiger partial charge on any atom is 0.241 e.